The molecule has 0 aliphatic heterocycles. The van der Waals surface area contributed by atoms with Gasteiger partial charge in [0.05, 0.1) is 11.4 Å². The minimum atomic E-state index is 0.666. The maximum absolute atomic E-state index is 10.6. The van der Waals surface area contributed by atoms with E-state index < -0.39 is 0 Å². The van der Waals surface area contributed by atoms with E-state index in [1.807, 2.05) is 54.7 Å². The van der Waals surface area contributed by atoms with Gasteiger partial charge < -0.3 is 0 Å². The van der Waals surface area contributed by atoms with Crippen LogP contribution in [0.25, 0.3) is 16.9 Å². The third-order valence-corrected chi connectivity index (χ3v) is 2.95. The van der Waals surface area contributed by atoms with E-state index in [1.165, 1.54) is 0 Å². The Bertz CT molecular complexity index is 684. The van der Waals surface area contributed by atoms with Crippen LogP contribution in [0.3, 0.4) is 0 Å². The fourth-order valence-electron chi connectivity index (χ4n) is 1.94. The summed E-state index contributed by atoms with van der Waals surface area (Å²) < 4.78 is 1.80. The predicted molar refractivity (Wildman–Crippen MR) is 74.4 cm³/mol. The van der Waals surface area contributed by atoms with Gasteiger partial charge in [0.25, 0.3) is 0 Å². The van der Waals surface area contributed by atoms with E-state index in [-0.39, 0.29) is 0 Å². The van der Waals surface area contributed by atoms with Crippen molar-refractivity contribution in [3.8, 4) is 16.9 Å². The molecular weight excluding hydrogens is 236 g/mol. The fraction of sp³-hybridized carbons (Fsp3) is 0. The quantitative estimate of drug-likeness (QED) is 0.666. The Morgan fingerprint density at radius 3 is 2.32 bits per heavy atom. The molecule has 92 valence electrons. The number of nitrogens with zero attached hydrogens (tertiary/aromatic N) is 2. The van der Waals surface area contributed by atoms with Crippen LogP contribution in [-0.4, -0.2) is 16.1 Å². The molecule has 0 saturated carbocycles. The average Bonchev–Trinajstić information content (AvgIpc) is 2.98. The van der Waals surface area contributed by atoms with Gasteiger partial charge in [-0.25, -0.2) is 4.68 Å². The second-order valence-corrected chi connectivity index (χ2v) is 4.22. The van der Waals surface area contributed by atoms with Crippen LogP contribution in [0.1, 0.15) is 10.4 Å². The smallest absolute Gasteiger partial charge is 0.150 e. The average molecular weight is 248 g/mol. The standard InChI is InChI=1S/C16H12N2O/c19-12-13-6-8-15(9-7-13)18-11-10-16(17-18)14-4-2-1-3-5-14/h1-12H. The normalized spacial score (nSPS) is 10.3. The molecule has 0 atom stereocenters. The van der Waals surface area contributed by atoms with Crippen LogP contribution in [0.2, 0.25) is 0 Å². The Kier molecular flexibility index (Phi) is 2.94. The van der Waals surface area contributed by atoms with Gasteiger partial charge in [0.1, 0.15) is 6.29 Å². The molecule has 0 amide bonds. The first-order chi connectivity index (χ1) is 9.36. The minimum absolute atomic E-state index is 0.666. The van der Waals surface area contributed by atoms with Gasteiger partial charge in [0.2, 0.25) is 0 Å². The summed E-state index contributed by atoms with van der Waals surface area (Å²) in [6.07, 6.45) is 2.75. The summed E-state index contributed by atoms with van der Waals surface area (Å²) in [7, 11) is 0. The number of hydrogen-bond acceptors (Lipinski definition) is 2. The maximum atomic E-state index is 10.6. The van der Waals surface area contributed by atoms with Crippen molar-refractivity contribution in [2.24, 2.45) is 0 Å². The van der Waals surface area contributed by atoms with Crippen LogP contribution in [0.5, 0.6) is 0 Å². The first-order valence-corrected chi connectivity index (χ1v) is 6.03. The molecule has 1 heterocycles. The van der Waals surface area contributed by atoms with Crippen molar-refractivity contribution in [2.45, 2.75) is 0 Å². The third kappa shape index (κ3) is 2.31. The Morgan fingerprint density at radius 1 is 0.895 bits per heavy atom. The number of rotatable bonds is 3. The summed E-state index contributed by atoms with van der Waals surface area (Å²) in [4.78, 5) is 10.6. The molecule has 0 saturated heterocycles. The largest absolute Gasteiger partial charge is 0.298 e. The van der Waals surface area contributed by atoms with Crippen LogP contribution < -0.4 is 0 Å². The number of aromatic nitrogens is 2. The van der Waals surface area contributed by atoms with E-state index in [0.717, 1.165) is 23.2 Å². The molecule has 3 aromatic rings. The van der Waals surface area contributed by atoms with E-state index in [9.17, 15) is 4.79 Å². The lowest BCUT2D eigenvalue weighted by molar-refractivity contribution is 0.112. The van der Waals surface area contributed by atoms with Crippen molar-refractivity contribution in [1.82, 2.24) is 9.78 Å². The summed E-state index contributed by atoms with van der Waals surface area (Å²) in [5.41, 5.74) is 3.62. The van der Waals surface area contributed by atoms with Gasteiger partial charge in [-0.05, 0) is 30.3 Å². The van der Waals surface area contributed by atoms with E-state index in [0.29, 0.717) is 5.56 Å². The monoisotopic (exact) mass is 248 g/mol. The van der Waals surface area contributed by atoms with E-state index in [2.05, 4.69) is 5.10 Å². The van der Waals surface area contributed by atoms with Crippen molar-refractivity contribution in [1.29, 1.82) is 0 Å². The third-order valence-electron chi connectivity index (χ3n) is 2.95. The van der Waals surface area contributed by atoms with Crippen molar-refractivity contribution < 1.29 is 4.79 Å². The molecule has 0 radical (unpaired) electrons. The maximum Gasteiger partial charge on any atom is 0.150 e. The Balaban J connectivity index is 1.94. The highest BCUT2D eigenvalue weighted by molar-refractivity contribution is 5.75. The summed E-state index contributed by atoms with van der Waals surface area (Å²) in [5.74, 6) is 0. The summed E-state index contributed by atoms with van der Waals surface area (Å²) >= 11 is 0. The van der Waals surface area contributed by atoms with Crippen molar-refractivity contribution in [2.75, 3.05) is 0 Å². The minimum Gasteiger partial charge on any atom is -0.298 e. The second-order valence-electron chi connectivity index (χ2n) is 4.22. The highest BCUT2D eigenvalue weighted by Gasteiger charge is 2.03. The number of aldehydes is 1. The van der Waals surface area contributed by atoms with Gasteiger partial charge >= 0.3 is 0 Å². The summed E-state index contributed by atoms with van der Waals surface area (Å²) in [6.45, 7) is 0. The molecule has 3 nitrogen and oxygen atoms in total. The highest BCUT2D eigenvalue weighted by Crippen LogP contribution is 2.18. The molecule has 0 N–H and O–H groups in total. The molecule has 2 aromatic carbocycles. The van der Waals surface area contributed by atoms with Gasteiger partial charge in [-0.15, -0.1) is 0 Å². The molecule has 0 aliphatic carbocycles. The predicted octanol–water partition coefficient (Wildman–Crippen LogP) is 3.35. The Morgan fingerprint density at radius 2 is 1.63 bits per heavy atom. The first kappa shape index (κ1) is 11.4. The van der Waals surface area contributed by atoms with E-state index in [1.54, 1.807) is 16.8 Å². The summed E-state index contributed by atoms with van der Waals surface area (Å²) in [6, 6.07) is 19.3. The molecule has 0 aliphatic rings. The number of carbonyl (C=O) groups is 1. The Labute approximate surface area is 111 Å². The van der Waals surface area contributed by atoms with Crippen LogP contribution in [-0.2, 0) is 0 Å². The zero-order valence-corrected chi connectivity index (χ0v) is 10.2. The number of hydrogen-bond donors (Lipinski definition) is 0. The molecule has 0 fully saturated rings. The lowest BCUT2D eigenvalue weighted by Gasteiger charge is -2.01. The molecule has 0 unspecified atom stereocenters. The zero-order chi connectivity index (χ0) is 13.1. The van der Waals surface area contributed by atoms with Gasteiger partial charge in [0, 0.05) is 17.3 Å². The highest BCUT2D eigenvalue weighted by atomic mass is 16.1. The number of benzene rings is 2. The molecule has 3 heteroatoms. The second kappa shape index (κ2) is 4.90. The molecular formula is C16H12N2O. The summed E-state index contributed by atoms with van der Waals surface area (Å²) in [5, 5.41) is 4.53. The van der Waals surface area contributed by atoms with Gasteiger partial charge in [-0.2, -0.15) is 5.10 Å². The van der Waals surface area contributed by atoms with E-state index in [4.69, 9.17) is 0 Å². The molecule has 19 heavy (non-hydrogen) atoms. The van der Waals surface area contributed by atoms with Gasteiger partial charge in [0.15, 0.2) is 0 Å². The Hall–Kier alpha value is -2.68. The van der Waals surface area contributed by atoms with Crippen LogP contribution in [0.4, 0.5) is 0 Å². The fourth-order valence-corrected chi connectivity index (χ4v) is 1.94. The van der Waals surface area contributed by atoms with Crippen LogP contribution in [0, 0.1) is 0 Å². The first-order valence-electron chi connectivity index (χ1n) is 6.03. The molecule has 1 aromatic heterocycles. The van der Waals surface area contributed by atoms with Crippen molar-refractivity contribution >= 4 is 6.29 Å². The van der Waals surface area contributed by atoms with Crippen LogP contribution in [0.15, 0.2) is 66.9 Å². The van der Waals surface area contributed by atoms with Crippen molar-refractivity contribution in [3.63, 3.8) is 0 Å². The molecule has 0 spiro atoms. The number of carbonyl (C=O) groups excluding carboxylic acids is 1. The van der Waals surface area contributed by atoms with Crippen LogP contribution >= 0.6 is 0 Å². The SMILES string of the molecule is O=Cc1ccc(-n2ccc(-c3ccccc3)n2)cc1. The topological polar surface area (TPSA) is 34.9 Å². The van der Waals surface area contributed by atoms with E-state index >= 15 is 0 Å². The van der Waals surface area contributed by atoms with Crippen molar-refractivity contribution in [3.05, 3.63) is 72.4 Å². The molecule has 0 bridgehead atoms. The zero-order valence-electron chi connectivity index (χ0n) is 10.2. The lowest BCUT2D eigenvalue weighted by atomic mass is 10.2. The lowest BCUT2D eigenvalue weighted by Crippen LogP contribution is -1.95. The van der Waals surface area contributed by atoms with Gasteiger partial charge in [-0.3, -0.25) is 4.79 Å². The molecule has 3 rings (SSSR count). The van der Waals surface area contributed by atoms with Gasteiger partial charge in [-0.1, -0.05) is 30.3 Å².